The molecule has 1 unspecified atom stereocenters. The maximum Gasteiger partial charge on any atom is 0.403 e. The smallest absolute Gasteiger partial charge is 0.356 e. The topological polar surface area (TPSA) is 48.7 Å². The van der Waals surface area contributed by atoms with Crippen LogP contribution >= 0.6 is 0 Å². The largest absolute Gasteiger partial charge is 0.403 e. The van der Waals surface area contributed by atoms with Crippen molar-refractivity contribution in [1.82, 2.24) is 24.9 Å². The number of nitrogens with zero attached hydrogens (tertiary/aromatic N) is 5. The second-order valence-electron chi connectivity index (χ2n) is 7.84. The summed E-state index contributed by atoms with van der Waals surface area (Å²) < 4.78 is 40.7. The molecule has 0 spiro atoms. The summed E-state index contributed by atoms with van der Waals surface area (Å²) in [4.78, 5) is 7.82. The van der Waals surface area contributed by atoms with E-state index in [1.54, 1.807) is 7.05 Å². The number of aryl methyl sites for hydroxylation is 2. The van der Waals surface area contributed by atoms with Crippen LogP contribution in [-0.2, 0) is 6.42 Å². The van der Waals surface area contributed by atoms with Gasteiger partial charge in [0.2, 0.25) is 0 Å². The fourth-order valence-corrected chi connectivity index (χ4v) is 3.79. The van der Waals surface area contributed by atoms with Crippen molar-refractivity contribution in [3.05, 3.63) is 47.8 Å². The number of rotatable bonds is 6. The molecule has 31 heavy (non-hydrogen) atoms. The highest BCUT2D eigenvalue weighted by atomic mass is 19.4. The first kappa shape index (κ1) is 23.1. The fraction of sp³-hybridized carbons (Fsp3) is 0.545. The monoisotopic (exact) mass is 436 g/mol. The van der Waals surface area contributed by atoms with E-state index in [-0.39, 0.29) is 0 Å². The number of piperazine rings is 1. The average molecular weight is 437 g/mol. The van der Waals surface area contributed by atoms with Crippen LogP contribution < -0.4 is 5.32 Å². The Labute approximate surface area is 181 Å². The highest BCUT2D eigenvalue weighted by molar-refractivity contribution is 5.80. The lowest BCUT2D eigenvalue weighted by Crippen LogP contribution is -2.56. The minimum atomic E-state index is -4.19. The Hall–Kier alpha value is -2.55. The normalized spacial score (nSPS) is 17.1. The minimum Gasteiger partial charge on any atom is -0.356 e. The number of para-hydroxylation sites is 1. The van der Waals surface area contributed by atoms with Crippen LogP contribution in [-0.4, -0.2) is 77.5 Å². The van der Waals surface area contributed by atoms with E-state index in [0.717, 1.165) is 36.7 Å². The first-order chi connectivity index (χ1) is 14.8. The van der Waals surface area contributed by atoms with Crippen molar-refractivity contribution in [3.8, 4) is 5.69 Å². The number of aliphatic imine (C=N–C) groups is 1. The molecule has 6 nitrogen and oxygen atoms in total. The van der Waals surface area contributed by atoms with Crippen LogP contribution in [0.15, 0.2) is 41.5 Å². The average Bonchev–Trinajstić information content (AvgIpc) is 3.14. The van der Waals surface area contributed by atoms with Crippen molar-refractivity contribution < 1.29 is 13.2 Å². The predicted molar refractivity (Wildman–Crippen MR) is 117 cm³/mol. The molecule has 0 amide bonds. The Morgan fingerprint density at radius 1 is 1.16 bits per heavy atom. The molecule has 0 saturated carbocycles. The first-order valence-electron chi connectivity index (χ1n) is 10.7. The zero-order valence-electron chi connectivity index (χ0n) is 18.4. The summed E-state index contributed by atoms with van der Waals surface area (Å²) in [5.74, 6) is 0.746. The molecule has 1 N–H and O–H groups in total. The molecule has 1 aliphatic rings. The van der Waals surface area contributed by atoms with Gasteiger partial charge in [-0.2, -0.15) is 18.3 Å². The van der Waals surface area contributed by atoms with Crippen LogP contribution in [0, 0.1) is 6.92 Å². The molecule has 1 saturated heterocycles. The van der Waals surface area contributed by atoms with Crippen LogP contribution in [0.3, 0.4) is 0 Å². The molecule has 0 aliphatic carbocycles. The van der Waals surface area contributed by atoms with Crippen molar-refractivity contribution in [2.45, 2.75) is 38.9 Å². The van der Waals surface area contributed by atoms with Crippen LogP contribution in [0.25, 0.3) is 5.69 Å². The summed E-state index contributed by atoms with van der Waals surface area (Å²) in [6, 6.07) is 8.60. The van der Waals surface area contributed by atoms with E-state index in [2.05, 4.69) is 21.6 Å². The Balaban J connectivity index is 1.45. The molecule has 1 aromatic heterocycles. The highest BCUT2D eigenvalue weighted by Crippen LogP contribution is 2.25. The molecule has 1 aromatic carbocycles. The SMILES string of the molecule is CN=C(NCCCc1cn(-c2ccccc2)nc1C)N1CCN(C(C)C(F)(F)F)CC1. The standard InChI is InChI=1S/C22H31F3N6/c1-17-19(16-31(28-17)20-9-5-4-6-10-20)8-7-11-27-21(26-3)30-14-12-29(13-15-30)18(2)22(23,24)25/h4-6,9-10,16,18H,7-8,11-15H2,1-3H3,(H,26,27). The number of halogens is 3. The summed E-state index contributed by atoms with van der Waals surface area (Å²) in [6.45, 7) is 5.79. The summed E-state index contributed by atoms with van der Waals surface area (Å²) >= 11 is 0. The zero-order chi connectivity index (χ0) is 22.4. The molecule has 170 valence electrons. The summed E-state index contributed by atoms with van der Waals surface area (Å²) in [7, 11) is 1.71. The zero-order valence-corrected chi connectivity index (χ0v) is 18.4. The molecule has 0 radical (unpaired) electrons. The number of guanidine groups is 1. The third-order valence-electron chi connectivity index (χ3n) is 5.77. The predicted octanol–water partition coefficient (Wildman–Crippen LogP) is 3.26. The van der Waals surface area contributed by atoms with Crippen LogP contribution in [0.5, 0.6) is 0 Å². The Morgan fingerprint density at radius 3 is 2.45 bits per heavy atom. The molecular formula is C22H31F3N6. The maximum atomic E-state index is 12.9. The molecule has 0 bridgehead atoms. The van der Waals surface area contributed by atoms with E-state index in [1.807, 2.05) is 46.8 Å². The minimum absolute atomic E-state index is 0.374. The number of hydrogen-bond acceptors (Lipinski definition) is 3. The van der Waals surface area contributed by atoms with Crippen molar-refractivity contribution in [2.75, 3.05) is 39.8 Å². The van der Waals surface area contributed by atoms with E-state index >= 15 is 0 Å². The van der Waals surface area contributed by atoms with Gasteiger partial charge in [-0.05, 0) is 44.4 Å². The van der Waals surface area contributed by atoms with Gasteiger partial charge in [0, 0.05) is 46.0 Å². The van der Waals surface area contributed by atoms with Gasteiger partial charge in [0.05, 0.1) is 11.4 Å². The van der Waals surface area contributed by atoms with Crippen molar-refractivity contribution in [1.29, 1.82) is 0 Å². The highest BCUT2D eigenvalue weighted by Gasteiger charge is 2.41. The Bertz CT molecular complexity index is 854. The van der Waals surface area contributed by atoms with Gasteiger partial charge in [0.15, 0.2) is 5.96 Å². The molecule has 1 fully saturated rings. The van der Waals surface area contributed by atoms with Gasteiger partial charge < -0.3 is 10.2 Å². The van der Waals surface area contributed by atoms with Crippen LogP contribution in [0.2, 0.25) is 0 Å². The third-order valence-corrected chi connectivity index (χ3v) is 5.77. The molecule has 1 atom stereocenters. The molecular weight excluding hydrogens is 405 g/mol. The van der Waals surface area contributed by atoms with Gasteiger partial charge in [0.1, 0.15) is 6.04 Å². The number of aromatic nitrogens is 2. The van der Waals surface area contributed by atoms with Gasteiger partial charge in [-0.3, -0.25) is 9.89 Å². The van der Waals surface area contributed by atoms with Gasteiger partial charge in [-0.1, -0.05) is 18.2 Å². The second kappa shape index (κ2) is 10.2. The van der Waals surface area contributed by atoms with Crippen molar-refractivity contribution in [3.63, 3.8) is 0 Å². The molecule has 1 aliphatic heterocycles. The quantitative estimate of drug-likeness (QED) is 0.429. The van der Waals surface area contributed by atoms with Crippen molar-refractivity contribution in [2.24, 2.45) is 4.99 Å². The summed E-state index contributed by atoms with van der Waals surface area (Å²) in [5.41, 5.74) is 3.26. The molecule has 2 aromatic rings. The van der Waals surface area contributed by atoms with E-state index < -0.39 is 12.2 Å². The van der Waals surface area contributed by atoms with Gasteiger partial charge >= 0.3 is 6.18 Å². The van der Waals surface area contributed by atoms with E-state index in [0.29, 0.717) is 26.2 Å². The molecule has 2 heterocycles. The van der Waals surface area contributed by atoms with Gasteiger partial charge in [0.25, 0.3) is 0 Å². The van der Waals surface area contributed by atoms with Gasteiger partial charge in [-0.15, -0.1) is 0 Å². The van der Waals surface area contributed by atoms with Crippen LogP contribution in [0.4, 0.5) is 13.2 Å². The van der Waals surface area contributed by atoms with E-state index in [4.69, 9.17) is 0 Å². The maximum absolute atomic E-state index is 12.9. The number of alkyl halides is 3. The Morgan fingerprint density at radius 2 is 1.84 bits per heavy atom. The van der Waals surface area contributed by atoms with Crippen molar-refractivity contribution >= 4 is 5.96 Å². The first-order valence-corrected chi connectivity index (χ1v) is 10.7. The third kappa shape index (κ3) is 6.00. The van der Waals surface area contributed by atoms with Crippen LogP contribution in [0.1, 0.15) is 24.6 Å². The summed E-state index contributed by atoms with van der Waals surface area (Å²) in [5, 5.41) is 7.95. The lowest BCUT2D eigenvalue weighted by Gasteiger charge is -2.39. The summed E-state index contributed by atoms with van der Waals surface area (Å²) in [6.07, 6.45) is -0.319. The van der Waals surface area contributed by atoms with E-state index in [9.17, 15) is 13.2 Å². The lowest BCUT2D eigenvalue weighted by molar-refractivity contribution is -0.181. The fourth-order valence-electron chi connectivity index (χ4n) is 3.79. The number of benzene rings is 1. The van der Waals surface area contributed by atoms with Gasteiger partial charge in [-0.25, -0.2) is 4.68 Å². The molecule has 9 heteroatoms. The Kier molecular flexibility index (Phi) is 7.59. The number of nitrogens with one attached hydrogen (secondary N) is 1. The lowest BCUT2D eigenvalue weighted by atomic mass is 10.1. The van der Waals surface area contributed by atoms with E-state index in [1.165, 1.54) is 17.4 Å². The molecule has 3 rings (SSSR count). The second-order valence-corrected chi connectivity index (χ2v) is 7.84. The number of hydrogen-bond donors (Lipinski definition) is 1.